The highest BCUT2D eigenvalue weighted by Gasteiger charge is 2.18. The SMILES string of the molecule is c1ccc(-c2ccc(N(c3cccc(-c4cccc5oc6ccccc6c45)c3)c3ccc4c(c3)oc3c5ccccc5ccc43)cc2)cc1. The smallest absolute Gasteiger partial charge is 0.143 e. The maximum absolute atomic E-state index is 6.64. The molecule has 0 saturated carbocycles. The fraction of sp³-hybridized carbons (Fsp3) is 0. The van der Waals surface area contributed by atoms with E-state index in [0.29, 0.717) is 0 Å². The van der Waals surface area contributed by atoms with Crippen molar-refractivity contribution in [2.24, 2.45) is 0 Å². The Balaban J connectivity index is 1.16. The van der Waals surface area contributed by atoms with E-state index < -0.39 is 0 Å². The van der Waals surface area contributed by atoms with Crippen LogP contribution in [0.4, 0.5) is 17.1 Å². The van der Waals surface area contributed by atoms with Crippen LogP contribution in [-0.2, 0) is 0 Å². The fourth-order valence-corrected chi connectivity index (χ4v) is 7.34. The van der Waals surface area contributed by atoms with E-state index in [1.165, 1.54) is 16.5 Å². The first kappa shape index (κ1) is 27.5. The molecule has 0 atom stereocenters. The molecule has 0 saturated heterocycles. The van der Waals surface area contributed by atoms with E-state index in [-0.39, 0.29) is 0 Å². The summed E-state index contributed by atoms with van der Waals surface area (Å²) in [6.45, 7) is 0. The first-order valence-corrected chi connectivity index (χ1v) is 16.6. The normalized spacial score (nSPS) is 11.7. The van der Waals surface area contributed by atoms with Crippen LogP contribution in [0.3, 0.4) is 0 Å². The molecule has 0 aliphatic rings. The molecule has 10 rings (SSSR count). The lowest BCUT2D eigenvalue weighted by molar-refractivity contribution is 0.669. The van der Waals surface area contributed by atoms with Crippen LogP contribution in [0.2, 0.25) is 0 Å². The monoisotopic (exact) mass is 627 g/mol. The van der Waals surface area contributed by atoms with Crippen LogP contribution in [0.15, 0.2) is 185 Å². The van der Waals surface area contributed by atoms with Crippen molar-refractivity contribution in [3.8, 4) is 22.3 Å². The molecule has 3 nitrogen and oxygen atoms in total. The minimum Gasteiger partial charge on any atom is -0.456 e. The molecule has 0 spiro atoms. The third kappa shape index (κ3) is 4.51. The standard InChI is InChI=1S/C46H29NO2/c1-2-10-30(11-3-1)31-20-23-34(24-21-31)47(36-25-27-39-40-26-22-32-12-4-5-15-38(32)46(40)49-44(39)29-36)35-14-8-13-33(28-35)37-17-9-19-43-45(37)41-16-6-7-18-42(41)48-43/h1-29H. The summed E-state index contributed by atoms with van der Waals surface area (Å²) in [5.41, 5.74) is 11.3. The lowest BCUT2D eigenvalue weighted by atomic mass is 9.98. The number of benzene rings is 8. The zero-order valence-corrected chi connectivity index (χ0v) is 26.5. The number of rotatable bonds is 5. The Labute approximate surface area is 282 Å². The summed E-state index contributed by atoms with van der Waals surface area (Å²) in [4.78, 5) is 2.32. The van der Waals surface area contributed by atoms with Gasteiger partial charge in [0.25, 0.3) is 0 Å². The third-order valence-electron chi connectivity index (χ3n) is 9.66. The van der Waals surface area contributed by atoms with Gasteiger partial charge in [0.2, 0.25) is 0 Å². The maximum Gasteiger partial charge on any atom is 0.143 e. The van der Waals surface area contributed by atoms with Gasteiger partial charge in [0.1, 0.15) is 22.3 Å². The molecular formula is C46H29NO2. The zero-order valence-electron chi connectivity index (χ0n) is 26.5. The average Bonchev–Trinajstić information content (AvgIpc) is 3.74. The Morgan fingerprint density at radius 1 is 0.347 bits per heavy atom. The number of furan rings is 2. The van der Waals surface area contributed by atoms with Crippen LogP contribution < -0.4 is 4.90 Å². The van der Waals surface area contributed by atoms with Crippen molar-refractivity contribution in [3.05, 3.63) is 176 Å². The highest BCUT2D eigenvalue weighted by atomic mass is 16.3. The molecule has 0 bridgehead atoms. The van der Waals surface area contributed by atoms with Crippen molar-refractivity contribution in [2.75, 3.05) is 4.90 Å². The van der Waals surface area contributed by atoms with Crippen LogP contribution in [-0.4, -0.2) is 0 Å². The predicted octanol–water partition coefficient (Wildman–Crippen LogP) is 13.4. The van der Waals surface area contributed by atoms with Crippen LogP contribution in [0.1, 0.15) is 0 Å². The topological polar surface area (TPSA) is 29.5 Å². The van der Waals surface area contributed by atoms with Crippen molar-refractivity contribution < 1.29 is 8.83 Å². The van der Waals surface area contributed by atoms with Gasteiger partial charge in [-0.15, -0.1) is 0 Å². The van der Waals surface area contributed by atoms with Gasteiger partial charge >= 0.3 is 0 Å². The molecule has 0 unspecified atom stereocenters. The van der Waals surface area contributed by atoms with E-state index in [4.69, 9.17) is 8.83 Å². The lowest BCUT2D eigenvalue weighted by Gasteiger charge is -2.26. The fourth-order valence-electron chi connectivity index (χ4n) is 7.34. The predicted molar refractivity (Wildman–Crippen MR) is 204 cm³/mol. The van der Waals surface area contributed by atoms with Gasteiger partial charge in [-0.3, -0.25) is 0 Å². The number of hydrogen-bond acceptors (Lipinski definition) is 3. The van der Waals surface area contributed by atoms with Crippen molar-refractivity contribution in [1.82, 2.24) is 0 Å². The molecule has 0 amide bonds. The van der Waals surface area contributed by atoms with Crippen molar-refractivity contribution >= 4 is 71.7 Å². The van der Waals surface area contributed by atoms with E-state index in [0.717, 1.165) is 77.5 Å². The minimum absolute atomic E-state index is 0.862. The Hall–Kier alpha value is -6.58. The summed E-state index contributed by atoms with van der Waals surface area (Å²) in [7, 11) is 0. The molecule has 0 aliphatic carbocycles. The van der Waals surface area contributed by atoms with Gasteiger partial charge in [-0.2, -0.15) is 0 Å². The third-order valence-corrected chi connectivity index (χ3v) is 9.66. The van der Waals surface area contributed by atoms with Crippen LogP contribution in [0.25, 0.3) is 76.9 Å². The number of anilines is 3. The van der Waals surface area contributed by atoms with Crippen molar-refractivity contribution in [1.29, 1.82) is 0 Å². The summed E-state index contributed by atoms with van der Waals surface area (Å²) >= 11 is 0. The number of hydrogen-bond donors (Lipinski definition) is 0. The molecule has 8 aromatic carbocycles. The van der Waals surface area contributed by atoms with Gasteiger partial charge in [0, 0.05) is 50.1 Å². The number of nitrogens with zero attached hydrogens (tertiary/aromatic N) is 1. The molecule has 0 radical (unpaired) electrons. The van der Waals surface area contributed by atoms with E-state index in [1.807, 2.05) is 12.1 Å². The zero-order chi connectivity index (χ0) is 32.3. The molecule has 10 aromatic rings. The molecular weight excluding hydrogens is 599 g/mol. The molecule has 49 heavy (non-hydrogen) atoms. The van der Waals surface area contributed by atoms with Crippen LogP contribution in [0, 0.1) is 0 Å². The van der Waals surface area contributed by atoms with E-state index in [1.54, 1.807) is 0 Å². The summed E-state index contributed by atoms with van der Waals surface area (Å²) in [5, 5.41) is 6.78. The number of fused-ring (bicyclic) bond motifs is 8. The van der Waals surface area contributed by atoms with E-state index in [2.05, 4.69) is 169 Å². The van der Waals surface area contributed by atoms with Crippen LogP contribution >= 0.6 is 0 Å². The average molecular weight is 628 g/mol. The largest absolute Gasteiger partial charge is 0.456 e. The van der Waals surface area contributed by atoms with E-state index >= 15 is 0 Å². The molecule has 2 aromatic heterocycles. The second-order valence-corrected chi connectivity index (χ2v) is 12.5. The highest BCUT2D eigenvalue weighted by Crippen LogP contribution is 2.43. The quantitative estimate of drug-likeness (QED) is 0.190. The Morgan fingerprint density at radius 3 is 1.92 bits per heavy atom. The summed E-state index contributed by atoms with van der Waals surface area (Å²) < 4.78 is 12.9. The van der Waals surface area contributed by atoms with Gasteiger partial charge in [-0.25, -0.2) is 0 Å². The van der Waals surface area contributed by atoms with E-state index in [9.17, 15) is 0 Å². The Kier molecular flexibility index (Phi) is 6.18. The number of para-hydroxylation sites is 1. The van der Waals surface area contributed by atoms with Gasteiger partial charge in [0.15, 0.2) is 0 Å². The highest BCUT2D eigenvalue weighted by molar-refractivity contribution is 6.16. The van der Waals surface area contributed by atoms with Crippen molar-refractivity contribution in [2.45, 2.75) is 0 Å². The second-order valence-electron chi connectivity index (χ2n) is 12.5. The van der Waals surface area contributed by atoms with Gasteiger partial charge < -0.3 is 13.7 Å². The van der Waals surface area contributed by atoms with Crippen LogP contribution in [0.5, 0.6) is 0 Å². The molecule has 3 heteroatoms. The Morgan fingerprint density at radius 2 is 1.02 bits per heavy atom. The maximum atomic E-state index is 6.64. The lowest BCUT2D eigenvalue weighted by Crippen LogP contribution is -2.10. The van der Waals surface area contributed by atoms with Gasteiger partial charge in [-0.05, 0) is 82.2 Å². The molecule has 0 N–H and O–H groups in total. The first-order valence-electron chi connectivity index (χ1n) is 16.6. The second kappa shape index (κ2) is 11.0. The minimum atomic E-state index is 0.862. The summed E-state index contributed by atoms with van der Waals surface area (Å²) in [5.74, 6) is 0. The molecule has 2 heterocycles. The Bertz CT molecular complexity index is 2830. The molecule has 0 fully saturated rings. The van der Waals surface area contributed by atoms with Gasteiger partial charge in [0.05, 0.1) is 0 Å². The first-order chi connectivity index (χ1) is 24.3. The summed E-state index contributed by atoms with van der Waals surface area (Å²) in [6.07, 6.45) is 0. The molecule has 0 aliphatic heterocycles. The molecule has 230 valence electrons. The summed E-state index contributed by atoms with van der Waals surface area (Å²) in [6, 6.07) is 62.0. The van der Waals surface area contributed by atoms with Crippen molar-refractivity contribution in [3.63, 3.8) is 0 Å². The van der Waals surface area contributed by atoms with Gasteiger partial charge in [-0.1, -0.05) is 115 Å².